The highest BCUT2D eigenvalue weighted by Crippen LogP contribution is 2.35. The molecular formula is C16H23NO3. The Balaban J connectivity index is 3.81. The van der Waals surface area contributed by atoms with Crippen LogP contribution in [0.1, 0.15) is 63.8 Å². The van der Waals surface area contributed by atoms with Gasteiger partial charge in [0.2, 0.25) is 0 Å². The average Bonchev–Trinajstić information content (AvgIpc) is 2.23. The molecule has 0 unspecified atom stereocenters. The van der Waals surface area contributed by atoms with E-state index in [-0.39, 0.29) is 5.56 Å². The lowest BCUT2D eigenvalue weighted by molar-refractivity contribution is 0.0646. The molecule has 0 aliphatic rings. The molecule has 3 N–H and O–H groups in total. The van der Waals surface area contributed by atoms with Crippen molar-refractivity contribution in [1.82, 2.24) is 0 Å². The summed E-state index contributed by atoms with van der Waals surface area (Å²) >= 11 is 0. The standard InChI is InChI=1S/C16H23NO3/c1-14(2,18)10-7-12(15(3,4)19)11(9-17)13(8-10)16(5,6)20/h7-8,18-20H,1-6H3. The van der Waals surface area contributed by atoms with Crippen molar-refractivity contribution in [1.29, 1.82) is 5.26 Å². The molecule has 4 heteroatoms. The maximum Gasteiger partial charge on any atom is 0.0999 e. The van der Waals surface area contributed by atoms with Gasteiger partial charge in [-0.2, -0.15) is 5.26 Å². The zero-order valence-electron chi connectivity index (χ0n) is 12.9. The van der Waals surface area contributed by atoms with E-state index in [1.807, 2.05) is 0 Å². The molecule has 110 valence electrons. The van der Waals surface area contributed by atoms with Gasteiger partial charge in [0.05, 0.1) is 28.4 Å². The summed E-state index contributed by atoms with van der Waals surface area (Å²) in [6.45, 7) is 9.54. The van der Waals surface area contributed by atoms with Gasteiger partial charge < -0.3 is 15.3 Å². The van der Waals surface area contributed by atoms with E-state index in [0.717, 1.165) is 0 Å². The van der Waals surface area contributed by atoms with Crippen molar-refractivity contribution in [3.63, 3.8) is 0 Å². The number of benzene rings is 1. The number of hydrogen-bond donors (Lipinski definition) is 3. The molecule has 1 aromatic carbocycles. The van der Waals surface area contributed by atoms with Crippen LogP contribution >= 0.6 is 0 Å². The van der Waals surface area contributed by atoms with Crippen molar-refractivity contribution in [3.05, 3.63) is 34.4 Å². The fourth-order valence-electron chi connectivity index (χ4n) is 2.08. The van der Waals surface area contributed by atoms with E-state index in [0.29, 0.717) is 16.7 Å². The Morgan fingerprint density at radius 1 is 0.800 bits per heavy atom. The Labute approximate surface area is 120 Å². The summed E-state index contributed by atoms with van der Waals surface area (Å²) in [7, 11) is 0. The molecule has 20 heavy (non-hydrogen) atoms. The molecule has 0 spiro atoms. The third-order valence-electron chi connectivity index (χ3n) is 3.27. The maximum absolute atomic E-state index is 10.3. The Hall–Kier alpha value is -1.41. The van der Waals surface area contributed by atoms with Crippen LogP contribution in [-0.4, -0.2) is 15.3 Å². The summed E-state index contributed by atoms with van der Waals surface area (Å²) in [5.74, 6) is 0. The lowest BCUT2D eigenvalue weighted by Crippen LogP contribution is -2.26. The molecular weight excluding hydrogens is 254 g/mol. The van der Waals surface area contributed by atoms with Crippen molar-refractivity contribution in [2.24, 2.45) is 0 Å². The molecule has 0 aromatic heterocycles. The quantitative estimate of drug-likeness (QED) is 0.791. The monoisotopic (exact) mass is 277 g/mol. The molecule has 0 saturated carbocycles. The molecule has 0 aliphatic carbocycles. The summed E-state index contributed by atoms with van der Waals surface area (Å²) in [6.07, 6.45) is 0. The first kappa shape index (κ1) is 16.6. The first-order valence-corrected chi connectivity index (χ1v) is 6.55. The maximum atomic E-state index is 10.3. The fourth-order valence-corrected chi connectivity index (χ4v) is 2.08. The minimum absolute atomic E-state index is 0.248. The van der Waals surface area contributed by atoms with Crippen LogP contribution in [0.4, 0.5) is 0 Å². The highest BCUT2D eigenvalue weighted by molar-refractivity contribution is 5.52. The largest absolute Gasteiger partial charge is 0.386 e. The summed E-state index contributed by atoms with van der Waals surface area (Å²) in [6, 6.07) is 5.29. The molecule has 0 aliphatic heterocycles. The minimum Gasteiger partial charge on any atom is -0.386 e. The molecule has 0 saturated heterocycles. The second-order valence-corrected chi connectivity index (χ2v) is 6.74. The SMILES string of the molecule is CC(C)(O)c1cc(C(C)(C)O)c(C#N)c(C(C)(C)O)c1. The average molecular weight is 277 g/mol. The Kier molecular flexibility index (Phi) is 4.04. The molecule has 1 rings (SSSR count). The van der Waals surface area contributed by atoms with E-state index in [1.165, 1.54) is 0 Å². The third-order valence-corrected chi connectivity index (χ3v) is 3.27. The summed E-state index contributed by atoms with van der Waals surface area (Å²) < 4.78 is 0. The molecule has 0 atom stereocenters. The van der Waals surface area contributed by atoms with Crippen LogP contribution in [0.15, 0.2) is 12.1 Å². The van der Waals surface area contributed by atoms with Gasteiger partial charge in [-0.25, -0.2) is 0 Å². The molecule has 0 amide bonds. The predicted octanol–water partition coefficient (Wildman–Crippen LogP) is 2.24. The van der Waals surface area contributed by atoms with E-state index in [2.05, 4.69) is 6.07 Å². The van der Waals surface area contributed by atoms with Crippen LogP contribution in [0.3, 0.4) is 0 Å². The molecule has 0 heterocycles. The molecule has 0 radical (unpaired) electrons. The van der Waals surface area contributed by atoms with Gasteiger partial charge in [-0.15, -0.1) is 0 Å². The second kappa shape index (κ2) is 4.85. The zero-order chi connectivity index (χ0) is 15.9. The van der Waals surface area contributed by atoms with Gasteiger partial charge in [-0.05, 0) is 59.2 Å². The predicted molar refractivity (Wildman–Crippen MR) is 76.9 cm³/mol. The van der Waals surface area contributed by atoms with E-state index in [9.17, 15) is 20.6 Å². The summed E-state index contributed by atoms with van der Waals surface area (Å²) in [4.78, 5) is 0. The molecule has 0 bridgehead atoms. The van der Waals surface area contributed by atoms with E-state index in [4.69, 9.17) is 0 Å². The van der Waals surface area contributed by atoms with Crippen LogP contribution in [-0.2, 0) is 16.8 Å². The Bertz CT molecular complexity index is 514. The number of hydrogen-bond acceptors (Lipinski definition) is 4. The number of rotatable bonds is 3. The number of aliphatic hydroxyl groups is 3. The normalized spacial score (nSPS) is 13.2. The van der Waals surface area contributed by atoms with Gasteiger partial charge in [-0.1, -0.05) is 0 Å². The topological polar surface area (TPSA) is 84.5 Å². The molecule has 1 aromatic rings. The highest BCUT2D eigenvalue weighted by atomic mass is 16.3. The lowest BCUT2D eigenvalue weighted by atomic mass is 9.81. The first-order valence-electron chi connectivity index (χ1n) is 6.55. The van der Waals surface area contributed by atoms with Gasteiger partial charge >= 0.3 is 0 Å². The zero-order valence-corrected chi connectivity index (χ0v) is 12.9. The van der Waals surface area contributed by atoms with Gasteiger partial charge in [-0.3, -0.25) is 0 Å². The first-order chi connectivity index (χ1) is 8.78. The van der Waals surface area contributed by atoms with Crippen molar-refractivity contribution in [2.75, 3.05) is 0 Å². The van der Waals surface area contributed by atoms with E-state index < -0.39 is 16.8 Å². The Morgan fingerprint density at radius 2 is 1.15 bits per heavy atom. The smallest absolute Gasteiger partial charge is 0.0999 e. The lowest BCUT2D eigenvalue weighted by Gasteiger charge is -2.29. The number of nitrogens with zero attached hydrogens (tertiary/aromatic N) is 1. The summed E-state index contributed by atoms with van der Waals surface area (Å²) in [5, 5.41) is 40.1. The van der Waals surface area contributed by atoms with E-state index in [1.54, 1.807) is 53.7 Å². The third kappa shape index (κ3) is 3.37. The van der Waals surface area contributed by atoms with Gasteiger partial charge in [0, 0.05) is 11.1 Å². The van der Waals surface area contributed by atoms with Gasteiger partial charge in [0.25, 0.3) is 0 Å². The number of nitriles is 1. The fraction of sp³-hybridized carbons (Fsp3) is 0.562. The van der Waals surface area contributed by atoms with Crippen LogP contribution in [0.2, 0.25) is 0 Å². The van der Waals surface area contributed by atoms with Crippen molar-refractivity contribution in [2.45, 2.75) is 58.3 Å². The minimum atomic E-state index is -1.24. The van der Waals surface area contributed by atoms with Crippen LogP contribution in [0.25, 0.3) is 0 Å². The van der Waals surface area contributed by atoms with Gasteiger partial charge in [0.15, 0.2) is 0 Å². The second-order valence-electron chi connectivity index (χ2n) is 6.74. The van der Waals surface area contributed by atoms with Gasteiger partial charge in [0.1, 0.15) is 0 Å². The van der Waals surface area contributed by atoms with Crippen molar-refractivity contribution >= 4 is 0 Å². The molecule has 0 fully saturated rings. The van der Waals surface area contributed by atoms with Crippen LogP contribution < -0.4 is 0 Å². The highest BCUT2D eigenvalue weighted by Gasteiger charge is 2.31. The Morgan fingerprint density at radius 3 is 1.35 bits per heavy atom. The summed E-state index contributed by atoms with van der Waals surface area (Å²) in [5.41, 5.74) is -2.02. The van der Waals surface area contributed by atoms with Crippen LogP contribution in [0, 0.1) is 11.3 Å². The van der Waals surface area contributed by atoms with Crippen molar-refractivity contribution < 1.29 is 15.3 Å². The molecule has 4 nitrogen and oxygen atoms in total. The van der Waals surface area contributed by atoms with Crippen LogP contribution in [0.5, 0.6) is 0 Å². The van der Waals surface area contributed by atoms with Crippen molar-refractivity contribution in [3.8, 4) is 6.07 Å². The van der Waals surface area contributed by atoms with E-state index >= 15 is 0 Å².